The Morgan fingerprint density at radius 3 is 2.48 bits per heavy atom. The number of quaternary nitrogens is 1. The van der Waals surface area contributed by atoms with Crippen molar-refractivity contribution in [1.29, 1.82) is 0 Å². The summed E-state index contributed by atoms with van der Waals surface area (Å²) in [6.45, 7) is 10.7. The summed E-state index contributed by atoms with van der Waals surface area (Å²) in [6, 6.07) is 5.26. The van der Waals surface area contributed by atoms with Gasteiger partial charge in [0.1, 0.15) is 0 Å². The van der Waals surface area contributed by atoms with E-state index in [2.05, 4.69) is 24.5 Å². The number of hydrogen-bond donors (Lipinski definition) is 3. The highest BCUT2D eigenvalue weighted by Crippen LogP contribution is 2.17. The quantitative estimate of drug-likeness (QED) is 0.791. The minimum absolute atomic E-state index is 0.218. The first-order valence-corrected chi connectivity index (χ1v) is 8.35. The minimum Gasteiger partial charge on any atom is -0.327 e. The number of nitrogens with one attached hydrogen (secondary N) is 3. The third-order valence-electron chi connectivity index (χ3n) is 4.60. The number of anilines is 1. The van der Waals surface area contributed by atoms with Crippen LogP contribution in [0.4, 0.5) is 10.5 Å². The third kappa shape index (κ3) is 5.06. The standard InChI is InChI=1S/C18H27N3O2/c1-12-8-13(2)10-21(9-12)11-17(22)20-18(23)19-16-7-5-6-14(3)15(16)4/h5-7,12-13H,8-11H2,1-4H3,(H2,19,20,22,23)/p+1/t12-,13-/m1/s1. The number of benzene rings is 1. The highest BCUT2D eigenvalue weighted by molar-refractivity contribution is 6.01. The Bertz CT molecular complexity index is 576. The summed E-state index contributed by atoms with van der Waals surface area (Å²) < 4.78 is 0. The summed E-state index contributed by atoms with van der Waals surface area (Å²) in [4.78, 5) is 25.3. The van der Waals surface area contributed by atoms with Crippen molar-refractivity contribution in [3.63, 3.8) is 0 Å². The van der Waals surface area contributed by atoms with Gasteiger partial charge < -0.3 is 10.2 Å². The molecule has 1 aromatic carbocycles. The van der Waals surface area contributed by atoms with Crippen molar-refractivity contribution >= 4 is 17.6 Å². The maximum absolute atomic E-state index is 12.1. The molecule has 0 radical (unpaired) electrons. The third-order valence-corrected chi connectivity index (χ3v) is 4.60. The van der Waals surface area contributed by atoms with Crippen molar-refractivity contribution < 1.29 is 14.5 Å². The molecule has 1 saturated heterocycles. The van der Waals surface area contributed by atoms with Crippen molar-refractivity contribution in [2.45, 2.75) is 34.1 Å². The first-order chi connectivity index (χ1) is 10.8. The largest absolute Gasteiger partial charge is 0.327 e. The molecule has 0 aromatic heterocycles. The molecule has 0 bridgehead atoms. The van der Waals surface area contributed by atoms with Crippen LogP contribution in [-0.4, -0.2) is 31.6 Å². The van der Waals surface area contributed by atoms with Crippen molar-refractivity contribution in [3.05, 3.63) is 29.3 Å². The number of aryl methyl sites for hydroxylation is 1. The molecule has 23 heavy (non-hydrogen) atoms. The Labute approximate surface area is 138 Å². The zero-order valence-corrected chi connectivity index (χ0v) is 14.5. The lowest BCUT2D eigenvalue weighted by atomic mass is 9.92. The van der Waals surface area contributed by atoms with Crippen LogP contribution in [0.25, 0.3) is 0 Å². The van der Waals surface area contributed by atoms with Crippen LogP contribution in [0.15, 0.2) is 18.2 Å². The Morgan fingerprint density at radius 1 is 1.17 bits per heavy atom. The molecule has 1 aliphatic heterocycles. The topological polar surface area (TPSA) is 62.6 Å². The number of amides is 3. The number of imide groups is 1. The van der Waals surface area contributed by atoms with Gasteiger partial charge in [0, 0.05) is 17.5 Å². The fourth-order valence-corrected chi connectivity index (χ4v) is 3.50. The number of piperidine rings is 1. The summed E-state index contributed by atoms with van der Waals surface area (Å²) in [5, 5.41) is 5.20. The molecule has 1 fully saturated rings. The molecule has 1 aliphatic rings. The van der Waals surface area contributed by atoms with Crippen LogP contribution < -0.4 is 15.5 Å². The zero-order chi connectivity index (χ0) is 17.0. The van der Waals surface area contributed by atoms with Crippen LogP contribution in [-0.2, 0) is 4.79 Å². The number of hydrogen-bond acceptors (Lipinski definition) is 2. The van der Waals surface area contributed by atoms with Crippen LogP contribution in [0.5, 0.6) is 0 Å². The molecule has 1 heterocycles. The Balaban J connectivity index is 1.85. The van der Waals surface area contributed by atoms with E-state index in [0.29, 0.717) is 18.4 Å². The van der Waals surface area contributed by atoms with Gasteiger partial charge in [-0.1, -0.05) is 26.0 Å². The van der Waals surface area contributed by atoms with E-state index in [-0.39, 0.29) is 5.91 Å². The molecule has 0 unspecified atom stereocenters. The fraction of sp³-hybridized carbons (Fsp3) is 0.556. The molecule has 2 atom stereocenters. The van der Waals surface area contributed by atoms with Crippen molar-refractivity contribution in [2.75, 3.05) is 25.0 Å². The highest BCUT2D eigenvalue weighted by Gasteiger charge is 2.27. The van der Waals surface area contributed by atoms with Gasteiger partial charge in [0.05, 0.1) is 13.1 Å². The van der Waals surface area contributed by atoms with Crippen LogP contribution >= 0.6 is 0 Å². The monoisotopic (exact) mass is 318 g/mol. The molecular weight excluding hydrogens is 290 g/mol. The van der Waals surface area contributed by atoms with Gasteiger partial charge in [-0.15, -0.1) is 0 Å². The van der Waals surface area contributed by atoms with Gasteiger partial charge in [-0.2, -0.15) is 0 Å². The molecule has 1 aromatic rings. The molecule has 126 valence electrons. The minimum atomic E-state index is -0.457. The van der Waals surface area contributed by atoms with E-state index in [1.54, 1.807) is 0 Å². The smallest absolute Gasteiger partial charge is 0.326 e. The van der Waals surface area contributed by atoms with Crippen LogP contribution in [0.2, 0.25) is 0 Å². The van der Waals surface area contributed by atoms with E-state index in [0.717, 1.165) is 29.9 Å². The van der Waals surface area contributed by atoms with Gasteiger partial charge >= 0.3 is 6.03 Å². The summed E-state index contributed by atoms with van der Waals surface area (Å²) in [5.41, 5.74) is 2.86. The van der Waals surface area contributed by atoms with Gasteiger partial charge in [-0.3, -0.25) is 10.1 Å². The van der Waals surface area contributed by atoms with Crippen LogP contribution in [0.1, 0.15) is 31.4 Å². The normalized spacial score (nSPS) is 24.1. The number of urea groups is 1. The summed E-state index contributed by atoms with van der Waals surface area (Å²) in [7, 11) is 0. The van der Waals surface area contributed by atoms with Crippen LogP contribution in [0, 0.1) is 25.7 Å². The number of likely N-dealkylation sites (tertiary alicyclic amines) is 1. The Morgan fingerprint density at radius 2 is 1.83 bits per heavy atom. The van der Waals surface area contributed by atoms with E-state index in [1.807, 2.05) is 32.0 Å². The predicted octanol–water partition coefficient (Wildman–Crippen LogP) is 1.51. The lowest BCUT2D eigenvalue weighted by molar-refractivity contribution is -0.904. The summed E-state index contributed by atoms with van der Waals surface area (Å²) >= 11 is 0. The molecule has 5 heteroatoms. The zero-order valence-electron chi connectivity index (χ0n) is 14.5. The lowest BCUT2D eigenvalue weighted by Gasteiger charge is -2.31. The second-order valence-corrected chi connectivity index (χ2v) is 7.03. The molecule has 3 amide bonds. The average Bonchev–Trinajstić information content (AvgIpc) is 2.42. The van der Waals surface area contributed by atoms with E-state index >= 15 is 0 Å². The second-order valence-electron chi connectivity index (χ2n) is 7.03. The Hall–Kier alpha value is -1.88. The first-order valence-electron chi connectivity index (χ1n) is 8.35. The van der Waals surface area contributed by atoms with E-state index in [9.17, 15) is 9.59 Å². The van der Waals surface area contributed by atoms with Gasteiger partial charge in [0.15, 0.2) is 6.54 Å². The van der Waals surface area contributed by atoms with E-state index in [4.69, 9.17) is 0 Å². The molecule has 2 rings (SSSR count). The predicted molar refractivity (Wildman–Crippen MR) is 91.6 cm³/mol. The number of rotatable bonds is 3. The average molecular weight is 318 g/mol. The Kier molecular flexibility index (Phi) is 5.77. The summed E-state index contributed by atoms with van der Waals surface area (Å²) in [5.74, 6) is 1.04. The molecule has 0 spiro atoms. The van der Waals surface area contributed by atoms with Crippen LogP contribution in [0.3, 0.4) is 0 Å². The second kappa shape index (κ2) is 7.59. The van der Waals surface area contributed by atoms with Gasteiger partial charge in [-0.25, -0.2) is 4.79 Å². The van der Waals surface area contributed by atoms with Gasteiger partial charge in [0.2, 0.25) is 0 Å². The lowest BCUT2D eigenvalue weighted by Crippen LogP contribution is -3.15. The molecular formula is C18H28N3O2+. The molecule has 0 saturated carbocycles. The number of carbonyl (C=O) groups excluding carboxylic acids is 2. The van der Waals surface area contributed by atoms with Crippen molar-refractivity contribution in [1.82, 2.24) is 5.32 Å². The highest BCUT2D eigenvalue weighted by atomic mass is 16.2. The maximum Gasteiger partial charge on any atom is 0.326 e. The molecule has 5 nitrogen and oxygen atoms in total. The SMILES string of the molecule is Cc1cccc(NC(=O)NC(=O)C[NH+]2C[C@H](C)C[C@@H](C)C2)c1C. The summed E-state index contributed by atoms with van der Waals surface area (Å²) in [6.07, 6.45) is 1.22. The molecule has 0 aliphatic carbocycles. The first kappa shape index (κ1) is 17.5. The van der Waals surface area contributed by atoms with E-state index < -0.39 is 6.03 Å². The number of carbonyl (C=O) groups is 2. The van der Waals surface area contributed by atoms with Gasteiger partial charge in [0.25, 0.3) is 5.91 Å². The van der Waals surface area contributed by atoms with Crippen molar-refractivity contribution in [2.24, 2.45) is 11.8 Å². The molecule has 3 N–H and O–H groups in total. The maximum atomic E-state index is 12.1. The fourth-order valence-electron chi connectivity index (χ4n) is 3.50. The van der Waals surface area contributed by atoms with Crippen molar-refractivity contribution in [3.8, 4) is 0 Å². The van der Waals surface area contributed by atoms with E-state index in [1.165, 1.54) is 11.3 Å². The van der Waals surface area contributed by atoms with Gasteiger partial charge in [-0.05, 0) is 37.5 Å².